The second kappa shape index (κ2) is 3.81. The minimum absolute atomic E-state index is 0.0713. The van der Waals surface area contributed by atoms with Gasteiger partial charge in [0.05, 0.1) is 11.3 Å². The fourth-order valence-corrected chi connectivity index (χ4v) is 7.74. The number of fused-ring (bicyclic) bond motifs is 2. The molecule has 4 saturated carbocycles. The van der Waals surface area contributed by atoms with Crippen LogP contribution in [0.2, 0.25) is 0 Å². The Balaban J connectivity index is 1.61. The summed E-state index contributed by atoms with van der Waals surface area (Å²) >= 11 is 3.62. The van der Waals surface area contributed by atoms with Crippen molar-refractivity contribution < 1.29 is 9.59 Å². The van der Waals surface area contributed by atoms with Crippen molar-refractivity contribution >= 4 is 27.6 Å². The highest BCUT2D eigenvalue weighted by Crippen LogP contribution is 2.79. The van der Waals surface area contributed by atoms with Gasteiger partial charge in [-0.15, -0.1) is 0 Å². The Morgan fingerprint density at radius 3 is 2.76 bits per heavy atom. The van der Waals surface area contributed by atoms with Gasteiger partial charge in [-0.25, -0.2) is 0 Å². The van der Waals surface area contributed by atoms with Crippen molar-refractivity contribution in [3.05, 3.63) is 12.2 Å². The van der Waals surface area contributed by atoms with Crippen molar-refractivity contribution in [3.63, 3.8) is 0 Å². The van der Waals surface area contributed by atoms with Gasteiger partial charge >= 0.3 is 0 Å². The number of likely N-dealkylation sites (tertiary alicyclic amines) is 1. The Morgan fingerprint density at radius 1 is 1.38 bits per heavy atom. The molecule has 0 aromatic rings. The molecule has 1 heterocycles. The fraction of sp³-hybridized carbons (Fsp3) is 0.765. The molecule has 4 aliphatic carbocycles. The van der Waals surface area contributed by atoms with Crippen LogP contribution in [0.25, 0.3) is 0 Å². The molecule has 7 atom stereocenters. The van der Waals surface area contributed by atoms with Gasteiger partial charge in [0.15, 0.2) is 0 Å². The Bertz CT molecular complexity index is 581. The molecule has 2 bridgehead atoms. The number of carbonyl (C=O) groups excluding carboxylic acids is 2. The number of Topliss-reactive ketones (excluding diaryl/α,β-unsaturated/α-hetero) is 1. The highest BCUT2D eigenvalue weighted by atomic mass is 79.9. The molecule has 1 amide bonds. The highest BCUT2D eigenvalue weighted by molar-refractivity contribution is 9.09. The van der Waals surface area contributed by atoms with Crippen LogP contribution in [-0.4, -0.2) is 35.0 Å². The molecule has 0 spiro atoms. The smallest absolute Gasteiger partial charge is 0.227 e. The quantitative estimate of drug-likeness (QED) is 0.566. The lowest BCUT2D eigenvalue weighted by Crippen LogP contribution is -2.51. The number of carbonyl (C=O) groups is 2. The third-order valence-corrected chi connectivity index (χ3v) is 8.30. The molecule has 5 fully saturated rings. The van der Waals surface area contributed by atoms with Gasteiger partial charge in [0.25, 0.3) is 0 Å². The first kappa shape index (κ1) is 12.9. The summed E-state index contributed by atoms with van der Waals surface area (Å²) < 4.78 is 0. The molecule has 7 unspecified atom stereocenters. The largest absolute Gasteiger partial charge is 0.342 e. The number of ketones is 1. The summed E-state index contributed by atoms with van der Waals surface area (Å²) in [6, 6.07) is 0. The van der Waals surface area contributed by atoms with Gasteiger partial charge in [-0.1, -0.05) is 28.1 Å². The van der Waals surface area contributed by atoms with Gasteiger partial charge in [-0.05, 0) is 42.9 Å². The first-order valence-electron chi connectivity index (χ1n) is 8.20. The van der Waals surface area contributed by atoms with E-state index in [1.165, 1.54) is 0 Å². The van der Waals surface area contributed by atoms with E-state index in [9.17, 15) is 9.59 Å². The molecular formula is C17H20BrNO2. The Labute approximate surface area is 133 Å². The number of hydrogen-bond acceptors (Lipinski definition) is 2. The van der Waals surface area contributed by atoms with E-state index in [0.717, 1.165) is 37.9 Å². The lowest BCUT2D eigenvalue weighted by atomic mass is 9.57. The summed E-state index contributed by atoms with van der Waals surface area (Å²) in [5.74, 6) is 2.44. The van der Waals surface area contributed by atoms with E-state index in [4.69, 9.17) is 0 Å². The van der Waals surface area contributed by atoms with Gasteiger partial charge < -0.3 is 4.90 Å². The zero-order chi connectivity index (χ0) is 14.5. The highest BCUT2D eigenvalue weighted by Gasteiger charge is 2.81. The summed E-state index contributed by atoms with van der Waals surface area (Å²) in [6.07, 6.45) is 3.30. The molecule has 0 aromatic heterocycles. The van der Waals surface area contributed by atoms with Gasteiger partial charge in [0.2, 0.25) is 5.91 Å². The maximum atomic E-state index is 13.1. The number of nitrogens with zero attached hydrogens (tertiary/aromatic N) is 1. The molecule has 21 heavy (non-hydrogen) atoms. The summed E-state index contributed by atoms with van der Waals surface area (Å²) in [5, 5.41) is 0.664. The molecule has 5 aliphatic rings. The maximum absolute atomic E-state index is 13.1. The van der Waals surface area contributed by atoms with Crippen LogP contribution in [-0.2, 0) is 9.59 Å². The first-order valence-corrected chi connectivity index (χ1v) is 9.33. The molecule has 0 N–H and O–H groups in total. The Morgan fingerprint density at radius 2 is 2.10 bits per heavy atom. The number of allylic oxidation sites excluding steroid dienone is 1. The average molecular weight is 350 g/mol. The normalized spacial score (nSPS) is 52.7. The second-order valence-electron chi connectivity index (χ2n) is 7.71. The van der Waals surface area contributed by atoms with E-state index in [0.29, 0.717) is 34.8 Å². The van der Waals surface area contributed by atoms with Crippen LogP contribution >= 0.6 is 15.9 Å². The Hall–Kier alpha value is -0.640. The van der Waals surface area contributed by atoms with E-state index in [1.54, 1.807) is 0 Å². The number of amides is 1. The van der Waals surface area contributed by atoms with Crippen LogP contribution in [0.15, 0.2) is 12.2 Å². The molecule has 3 nitrogen and oxygen atoms in total. The van der Waals surface area contributed by atoms with Crippen molar-refractivity contribution in [2.24, 2.45) is 40.9 Å². The summed E-state index contributed by atoms with van der Waals surface area (Å²) in [4.78, 5) is 28.2. The molecule has 1 aliphatic heterocycles. The number of alkyl halides is 1. The molecule has 112 valence electrons. The van der Waals surface area contributed by atoms with Crippen molar-refractivity contribution in [1.29, 1.82) is 0 Å². The minimum Gasteiger partial charge on any atom is -0.342 e. The van der Waals surface area contributed by atoms with Crippen molar-refractivity contribution in [2.45, 2.75) is 19.3 Å². The van der Waals surface area contributed by atoms with E-state index >= 15 is 0 Å². The van der Waals surface area contributed by atoms with E-state index in [-0.39, 0.29) is 17.7 Å². The van der Waals surface area contributed by atoms with Gasteiger partial charge in [0.1, 0.15) is 5.78 Å². The lowest BCUT2D eigenvalue weighted by molar-refractivity contribution is -0.145. The number of rotatable bonds is 2. The fourth-order valence-electron chi connectivity index (χ4n) is 6.69. The van der Waals surface area contributed by atoms with Gasteiger partial charge in [0, 0.05) is 24.3 Å². The molecular weight excluding hydrogens is 330 g/mol. The predicted octanol–water partition coefficient (Wildman–Crippen LogP) is 2.26. The zero-order valence-electron chi connectivity index (χ0n) is 12.1. The zero-order valence-corrected chi connectivity index (χ0v) is 13.6. The van der Waals surface area contributed by atoms with E-state index in [1.807, 2.05) is 4.90 Å². The standard InChI is InChI=1S/C17H20BrNO2/c1-8-11-9-6-10-13(11)12(8)15(20)17(10,7-18)14(9)16(21)19-4-2-3-5-19/h9-14H,1-7H2. The third kappa shape index (κ3) is 1.15. The number of hydrogen-bond donors (Lipinski definition) is 0. The summed E-state index contributed by atoms with van der Waals surface area (Å²) in [5.41, 5.74) is 0.743. The van der Waals surface area contributed by atoms with E-state index in [2.05, 4.69) is 22.5 Å². The summed E-state index contributed by atoms with van der Waals surface area (Å²) in [6.45, 7) is 5.98. The Kier molecular flexibility index (Phi) is 2.34. The topological polar surface area (TPSA) is 37.4 Å². The van der Waals surface area contributed by atoms with E-state index < -0.39 is 5.41 Å². The molecule has 1 saturated heterocycles. The third-order valence-electron chi connectivity index (χ3n) is 7.37. The monoisotopic (exact) mass is 349 g/mol. The second-order valence-corrected chi connectivity index (χ2v) is 8.27. The SMILES string of the molecule is C=C1C2C(=O)C3(CBr)C4CC(C1C24)C3C(=O)N1CCCC1. The van der Waals surface area contributed by atoms with Crippen molar-refractivity contribution in [2.75, 3.05) is 18.4 Å². The van der Waals surface area contributed by atoms with Crippen LogP contribution in [0.4, 0.5) is 0 Å². The molecule has 0 radical (unpaired) electrons. The van der Waals surface area contributed by atoms with Crippen molar-refractivity contribution in [1.82, 2.24) is 4.90 Å². The minimum atomic E-state index is -0.407. The van der Waals surface area contributed by atoms with Crippen LogP contribution in [0.3, 0.4) is 0 Å². The summed E-state index contributed by atoms with van der Waals surface area (Å²) in [7, 11) is 0. The maximum Gasteiger partial charge on any atom is 0.227 e. The number of halogens is 1. The lowest BCUT2D eigenvalue weighted by Gasteiger charge is -2.46. The molecule has 4 heteroatoms. The van der Waals surface area contributed by atoms with Gasteiger partial charge in [-0.2, -0.15) is 0 Å². The van der Waals surface area contributed by atoms with Crippen LogP contribution in [0.5, 0.6) is 0 Å². The predicted molar refractivity (Wildman–Crippen MR) is 81.7 cm³/mol. The first-order chi connectivity index (χ1) is 10.1. The molecule has 0 aromatic carbocycles. The average Bonchev–Trinajstić information content (AvgIpc) is 3.16. The van der Waals surface area contributed by atoms with Crippen molar-refractivity contribution in [3.8, 4) is 0 Å². The van der Waals surface area contributed by atoms with Crippen LogP contribution in [0.1, 0.15) is 19.3 Å². The van der Waals surface area contributed by atoms with Crippen LogP contribution in [0, 0.1) is 40.9 Å². The van der Waals surface area contributed by atoms with Gasteiger partial charge in [-0.3, -0.25) is 9.59 Å². The van der Waals surface area contributed by atoms with Crippen LogP contribution < -0.4 is 0 Å². The molecule has 5 rings (SSSR count).